The lowest BCUT2D eigenvalue weighted by atomic mass is 9.93. The van der Waals surface area contributed by atoms with Crippen molar-refractivity contribution in [3.8, 4) is 0 Å². The van der Waals surface area contributed by atoms with E-state index in [4.69, 9.17) is 5.73 Å². The van der Waals surface area contributed by atoms with E-state index in [2.05, 4.69) is 6.08 Å². The fourth-order valence-corrected chi connectivity index (χ4v) is 1.47. The maximum atomic E-state index is 9.30. The van der Waals surface area contributed by atoms with E-state index in [0.717, 1.165) is 25.8 Å². The molecule has 11 heavy (non-hydrogen) atoms. The van der Waals surface area contributed by atoms with Crippen LogP contribution in [0.25, 0.3) is 0 Å². The molecule has 1 rings (SSSR count). The molecule has 64 valence electrons. The molecule has 0 aromatic heterocycles. The molecule has 0 saturated heterocycles. The molecule has 2 atom stereocenters. The number of aliphatic hydroxyl groups is 1. The monoisotopic (exact) mass is 155 g/mol. The molecule has 1 aliphatic rings. The number of rotatable bonds is 1. The Bertz CT molecular complexity index is 134. The lowest BCUT2D eigenvalue weighted by Gasteiger charge is -2.17. The van der Waals surface area contributed by atoms with Crippen LogP contribution in [0.2, 0.25) is 0 Å². The summed E-state index contributed by atoms with van der Waals surface area (Å²) in [6.45, 7) is 0.764. The standard InChI is InChI=1S/C9H17NO/c10-7-8-3-1-2-4-9(11)6-5-8/h2,4,8-9,11H,1,3,5-7,10H2/b4-2-/t8-,9-/m0/s1. The summed E-state index contributed by atoms with van der Waals surface area (Å²) in [4.78, 5) is 0. The summed E-state index contributed by atoms with van der Waals surface area (Å²) in [5.41, 5.74) is 5.56. The average molecular weight is 155 g/mol. The summed E-state index contributed by atoms with van der Waals surface area (Å²) in [6.07, 6.45) is 7.92. The van der Waals surface area contributed by atoms with Gasteiger partial charge in [-0.2, -0.15) is 0 Å². The van der Waals surface area contributed by atoms with E-state index in [1.807, 2.05) is 6.08 Å². The van der Waals surface area contributed by atoms with E-state index < -0.39 is 0 Å². The summed E-state index contributed by atoms with van der Waals surface area (Å²) in [5, 5.41) is 9.30. The zero-order valence-electron chi connectivity index (χ0n) is 6.87. The molecule has 0 bridgehead atoms. The fraction of sp³-hybridized carbons (Fsp3) is 0.778. The second-order valence-corrected chi connectivity index (χ2v) is 3.25. The van der Waals surface area contributed by atoms with E-state index >= 15 is 0 Å². The minimum atomic E-state index is -0.232. The third-order valence-corrected chi connectivity index (χ3v) is 2.30. The molecule has 2 heteroatoms. The van der Waals surface area contributed by atoms with Gasteiger partial charge in [0.15, 0.2) is 0 Å². The Morgan fingerprint density at radius 1 is 1.36 bits per heavy atom. The lowest BCUT2D eigenvalue weighted by molar-refractivity contribution is 0.196. The molecule has 0 fully saturated rings. The van der Waals surface area contributed by atoms with E-state index in [-0.39, 0.29) is 6.10 Å². The highest BCUT2D eigenvalue weighted by Crippen LogP contribution is 2.17. The molecule has 0 saturated carbocycles. The quantitative estimate of drug-likeness (QED) is 0.556. The van der Waals surface area contributed by atoms with E-state index in [9.17, 15) is 5.11 Å². The molecule has 1 aliphatic carbocycles. The SMILES string of the molecule is NC[C@H]1CC/C=C\[C@H](O)CC1. The third kappa shape index (κ3) is 3.04. The van der Waals surface area contributed by atoms with Crippen molar-refractivity contribution < 1.29 is 5.11 Å². The van der Waals surface area contributed by atoms with Gasteiger partial charge in [0.2, 0.25) is 0 Å². The van der Waals surface area contributed by atoms with Gasteiger partial charge in [0, 0.05) is 0 Å². The summed E-state index contributed by atoms with van der Waals surface area (Å²) < 4.78 is 0. The van der Waals surface area contributed by atoms with Crippen molar-refractivity contribution in [1.82, 2.24) is 0 Å². The number of aliphatic hydroxyl groups excluding tert-OH is 1. The molecule has 0 spiro atoms. The summed E-state index contributed by atoms with van der Waals surface area (Å²) in [5.74, 6) is 0.620. The molecular formula is C9H17NO. The molecule has 3 N–H and O–H groups in total. The summed E-state index contributed by atoms with van der Waals surface area (Å²) in [7, 11) is 0. The van der Waals surface area contributed by atoms with Crippen molar-refractivity contribution in [2.75, 3.05) is 6.54 Å². The zero-order valence-corrected chi connectivity index (χ0v) is 6.87. The number of hydrogen-bond acceptors (Lipinski definition) is 2. The molecule has 0 aromatic carbocycles. The lowest BCUT2D eigenvalue weighted by Crippen LogP contribution is -2.17. The van der Waals surface area contributed by atoms with E-state index in [1.165, 1.54) is 6.42 Å². The predicted molar refractivity (Wildman–Crippen MR) is 46.2 cm³/mol. The molecule has 0 aromatic rings. The van der Waals surface area contributed by atoms with Gasteiger partial charge in [-0.15, -0.1) is 0 Å². The van der Waals surface area contributed by atoms with Crippen LogP contribution in [-0.4, -0.2) is 17.8 Å². The first-order valence-electron chi connectivity index (χ1n) is 4.37. The smallest absolute Gasteiger partial charge is 0.0721 e. The van der Waals surface area contributed by atoms with Gasteiger partial charge in [0.25, 0.3) is 0 Å². The first-order chi connectivity index (χ1) is 5.33. The van der Waals surface area contributed by atoms with Crippen molar-refractivity contribution in [1.29, 1.82) is 0 Å². The summed E-state index contributed by atoms with van der Waals surface area (Å²) in [6, 6.07) is 0. The molecule has 0 unspecified atom stereocenters. The van der Waals surface area contributed by atoms with Gasteiger partial charge in [-0.3, -0.25) is 0 Å². The van der Waals surface area contributed by atoms with Crippen LogP contribution >= 0.6 is 0 Å². The van der Waals surface area contributed by atoms with Gasteiger partial charge in [-0.25, -0.2) is 0 Å². The maximum absolute atomic E-state index is 9.30. The Morgan fingerprint density at radius 2 is 2.18 bits per heavy atom. The Hall–Kier alpha value is -0.340. The maximum Gasteiger partial charge on any atom is 0.0721 e. The number of hydrogen-bond donors (Lipinski definition) is 2. The molecule has 0 amide bonds. The van der Waals surface area contributed by atoms with Gasteiger partial charge in [-0.05, 0) is 38.1 Å². The van der Waals surface area contributed by atoms with Crippen LogP contribution in [0, 0.1) is 5.92 Å². The Labute approximate surface area is 68.1 Å². The van der Waals surface area contributed by atoms with Crippen molar-refractivity contribution >= 4 is 0 Å². The second-order valence-electron chi connectivity index (χ2n) is 3.25. The highest BCUT2D eigenvalue weighted by molar-refractivity contribution is 4.91. The summed E-state index contributed by atoms with van der Waals surface area (Å²) >= 11 is 0. The van der Waals surface area contributed by atoms with Crippen LogP contribution in [0.15, 0.2) is 12.2 Å². The average Bonchev–Trinajstić information content (AvgIpc) is 1.98. The van der Waals surface area contributed by atoms with Crippen molar-refractivity contribution in [2.24, 2.45) is 11.7 Å². The Kier molecular flexibility index (Phi) is 3.60. The molecule has 0 heterocycles. The van der Waals surface area contributed by atoms with Crippen molar-refractivity contribution in [2.45, 2.75) is 31.8 Å². The van der Waals surface area contributed by atoms with Gasteiger partial charge >= 0.3 is 0 Å². The molecule has 0 radical (unpaired) electrons. The first-order valence-corrected chi connectivity index (χ1v) is 4.37. The highest BCUT2D eigenvalue weighted by Gasteiger charge is 2.10. The van der Waals surface area contributed by atoms with Crippen molar-refractivity contribution in [3.05, 3.63) is 12.2 Å². The van der Waals surface area contributed by atoms with Crippen LogP contribution in [0.5, 0.6) is 0 Å². The predicted octanol–water partition coefficient (Wildman–Crippen LogP) is 1.05. The fourth-order valence-electron chi connectivity index (χ4n) is 1.47. The first kappa shape index (κ1) is 8.75. The van der Waals surface area contributed by atoms with Crippen LogP contribution in [0.1, 0.15) is 25.7 Å². The minimum Gasteiger partial charge on any atom is -0.389 e. The second kappa shape index (κ2) is 4.52. The van der Waals surface area contributed by atoms with Gasteiger partial charge in [0.1, 0.15) is 0 Å². The van der Waals surface area contributed by atoms with Crippen LogP contribution in [0.4, 0.5) is 0 Å². The minimum absolute atomic E-state index is 0.232. The normalized spacial score (nSPS) is 35.8. The molecular weight excluding hydrogens is 138 g/mol. The van der Waals surface area contributed by atoms with Gasteiger partial charge in [0.05, 0.1) is 6.10 Å². The Balaban J connectivity index is 2.37. The van der Waals surface area contributed by atoms with Gasteiger partial charge in [-0.1, -0.05) is 12.2 Å². The Morgan fingerprint density at radius 3 is 2.91 bits per heavy atom. The van der Waals surface area contributed by atoms with Gasteiger partial charge < -0.3 is 10.8 Å². The highest BCUT2D eigenvalue weighted by atomic mass is 16.3. The van der Waals surface area contributed by atoms with Crippen molar-refractivity contribution in [3.63, 3.8) is 0 Å². The van der Waals surface area contributed by atoms with Crippen LogP contribution in [-0.2, 0) is 0 Å². The molecule has 2 nitrogen and oxygen atoms in total. The number of allylic oxidation sites excluding steroid dienone is 1. The number of nitrogens with two attached hydrogens (primary N) is 1. The van der Waals surface area contributed by atoms with E-state index in [1.54, 1.807) is 0 Å². The molecule has 0 aliphatic heterocycles. The zero-order chi connectivity index (χ0) is 8.10. The largest absolute Gasteiger partial charge is 0.389 e. The third-order valence-electron chi connectivity index (χ3n) is 2.30. The van der Waals surface area contributed by atoms with Crippen LogP contribution < -0.4 is 5.73 Å². The van der Waals surface area contributed by atoms with Crippen LogP contribution in [0.3, 0.4) is 0 Å². The van der Waals surface area contributed by atoms with E-state index in [0.29, 0.717) is 5.92 Å². The topological polar surface area (TPSA) is 46.2 Å².